The maximum absolute atomic E-state index is 13.3. The molecule has 2 N–H and O–H groups in total. The molecule has 1 unspecified atom stereocenters. The van der Waals surface area contributed by atoms with Crippen molar-refractivity contribution in [2.24, 2.45) is 5.92 Å². The van der Waals surface area contributed by atoms with E-state index in [-0.39, 0.29) is 23.6 Å². The van der Waals surface area contributed by atoms with E-state index in [2.05, 4.69) is 53.5 Å². The van der Waals surface area contributed by atoms with Crippen LogP contribution in [0.25, 0.3) is 16.6 Å². The second-order valence-electron chi connectivity index (χ2n) is 14.0. The average molecular weight is 690 g/mol. The maximum Gasteiger partial charge on any atom is 0.260 e. The first kappa shape index (κ1) is 32.9. The third-order valence-corrected chi connectivity index (χ3v) is 10.9. The van der Waals surface area contributed by atoms with Crippen molar-refractivity contribution in [2.75, 3.05) is 50.1 Å². The smallest absolute Gasteiger partial charge is 0.260 e. The van der Waals surface area contributed by atoms with Crippen LogP contribution in [0.5, 0.6) is 5.75 Å². The quantitative estimate of drug-likeness (QED) is 0.209. The minimum Gasteiger partial charge on any atom is -0.496 e. The van der Waals surface area contributed by atoms with Crippen LogP contribution in [0.3, 0.4) is 0 Å². The number of hydrogen-bond donors (Lipinski definition) is 2. The number of piperazine rings is 1. The van der Waals surface area contributed by atoms with Crippen LogP contribution in [0.1, 0.15) is 72.8 Å². The van der Waals surface area contributed by atoms with E-state index >= 15 is 0 Å². The van der Waals surface area contributed by atoms with Crippen molar-refractivity contribution in [3.8, 4) is 5.75 Å². The van der Waals surface area contributed by atoms with Gasteiger partial charge in [-0.1, -0.05) is 12.1 Å². The molecule has 264 valence electrons. The van der Waals surface area contributed by atoms with Gasteiger partial charge in [-0.25, -0.2) is 4.98 Å². The number of aromatic nitrogens is 5. The van der Waals surface area contributed by atoms with Crippen LogP contribution in [0, 0.1) is 5.92 Å². The Morgan fingerprint density at radius 1 is 1.00 bits per heavy atom. The Morgan fingerprint density at radius 3 is 2.57 bits per heavy atom. The normalized spacial score (nSPS) is 21.6. The Morgan fingerprint density at radius 2 is 1.80 bits per heavy atom. The van der Waals surface area contributed by atoms with Crippen molar-refractivity contribution in [3.05, 3.63) is 78.2 Å². The number of imide groups is 1. The van der Waals surface area contributed by atoms with Gasteiger partial charge in [-0.05, 0) is 86.9 Å². The fourth-order valence-corrected chi connectivity index (χ4v) is 7.93. The molecule has 2 aromatic carbocycles. The summed E-state index contributed by atoms with van der Waals surface area (Å²) in [5.74, 6) is 0.775. The summed E-state index contributed by atoms with van der Waals surface area (Å²) >= 11 is 0. The van der Waals surface area contributed by atoms with Crippen molar-refractivity contribution in [1.29, 1.82) is 0 Å². The third kappa shape index (κ3) is 6.90. The number of carbonyl (C=O) groups is 3. The molecule has 13 heteroatoms. The molecule has 0 bridgehead atoms. The number of imidazole rings is 1. The van der Waals surface area contributed by atoms with Gasteiger partial charge in [-0.3, -0.25) is 29.3 Å². The largest absolute Gasteiger partial charge is 0.496 e. The van der Waals surface area contributed by atoms with Crippen LogP contribution in [-0.2, 0) is 9.59 Å². The van der Waals surface area contributed by atoms with Crippen molar-refractivity contribution in [3.63, 3.8) is 0 Å². The number of ether oxygens (including phenoxy) is 1. The zero-order valence-electron chi connectivity index (χ0n) is 28.8. The van der Waals surface area contributed by atoms with Crippen molar-refractivity contribution in [1.82, 2.24) is 34.6 Å². The maximum atomic E-state index is 13.3. The lowest BCUT2D eigenvalue weighted by Crippen LogP contribution is -2.47. The monoisotopic (exact) mass is 689 g/mol. The zero-order chi connectivity index (χ0) is 34.9. The summed E-state index contributed by atoms with van der Waals surface area (Å²) in [6, 6.07) is 16.0. The summed E-state index contributed by atoms with van der Waals surface area (Å²) in [5, 5.41) is 15.5. The second kappa shape index (κ2) is 14.1. The number of benzene rings is 2. The Balaban J connectivity index is 0.814. The molecule has 13 nitrogen and oxygen atoms in total. The molecule has 8 rings (SSSR count). The fraction of sp³-hybridized carbons (Fsp3) is 0.421. The van der Waals surface area contributed by atoms with Crippen molar-refractivity contribution >= 4 is 45.8 Å². The van der Waals surface area contributed by atoms with E-state index in [1.807, 2.05) is 30.3 Å². The molecule has 0 radical (unpaired) electrons. The van der Waals surface area contributed by atoms with Crippen molar-refractivity contribution < 1.29 is 19.1 Å². The summed E-state index contributed by atoms with van der Waals surface area (Å²) < 4.78 is 9.29. The number of nitrogens with zero attached hydrogens (tertiary/aromatic N) is 7. The van der Waals surface area contributed by atoms with E-state index in [1.165, 1.54) is 24.9 Å². The van der Waals surface area contributed by atoms with Gasteiger partial charge in [-0.2, -0.15) is 14.7 Å². The highest BCUT2D eigenvalue weighted by Crippen LogP contribution is 2.36. The van der Waals surface area contributed by atoms with Crippen LogP contribution < -0.4 is 20.3 Å². The van der Waals surface area contributed by atoms with Gasteiger partial charge < -0.3 is 15.0 Å². The highest BCUT2D eigenvalue weighted by molar-refractivity contribution is 6.08. The molecule has 2 saturated heterocycles. The van der Waals surface area contributed by atoms with Crippen molar-refractivity contribution in [2.45, 2.75) is 56.9 Å². The number of piperidine rings is 1. The predicted molar refractivity (Wildman–Crippen MR) is 193 cm³/mol. The molecule has 5 heterocycles. The summed E-state index contributed by atoms with van der Waals surface area (Å²) in [7, 11) is 1.57. The molecule has 1 aliphatic carbocycles. The van der Waals surface area contributed by atoms with Gasteiger partial charge in [0.05, 0.1) is 36.3 Å². The standard InChI is InChI=1S/C38H43N9O4/c1-51-33-22-32-27(21-31(33)38(50)41-35-23-39-34-3-2-15-40-47(34)35)24-46(43-32)29-8-4-25(5-9-29)14-16-44-17-19-45(20-18-44)28-10-6-26(7-11-28)30-12-13-36(48)42-37(30)49/h2-3,6-7,10-11,15,21-25,29-30H,4-5,8-9,12-14,16-20H2,1H3,(H,41,50)(H,42,48,49). The van der Waals surface area contributed by atoms with E-state index in [9.17, 15) is 14.4 Å². The Bertz CT molecular complexity index is 2060. The number of carbonyl (C=O) groups excluding carboxylic acids is 3. The lowest BCUT2D eigenvalue weighted by Gasteiger charge is -2.37. The highest BCUT2D eigenvalue weighted by Gasteiger charge is 2.29. The molecular formula is C38H43N9O4. The Labute approximate surface area is 295 Å². The minimum atomic E-state index is -0.295. The molecule has 1 atom stereocenters. The van der Waals surface area contributed by atoms with Gasteiger partial charge in [-0.15, -0.1) is 0 Å². The second-order valence-corrected chi connectivity index (χ2v) is 14.0. The molecule has 1 saturated carbocycles. The molecular weight excluding hydrogens is 646 g/mol. The minimum absolute atomic E-state index is 0.179. The Kier molecular flexibility index (Phi) is 9.12. The summed E-state index contributed by atoms with van der Waals surface area (Å²) in [5.41, 5.74) is 4.06. The number of rotatable bonds is 9. The molecule has 3 aromatic heterocycles. The number of fused-ring (bicyclic) bond motifs is 2. The molecule has 2 aliphatic heterocycles. The first-order chi connectivity index (χ1) is 24.9. The number of anilines is 2. The van der Waals surface area contributed by atoms with Gasteiger partial charge in [0.2, 0.25) is 11.8 Å². The van der Waals surface area contributed by atoms with Gasteiger partial charge >= 0.3 is 0 Å². The number of amides is 3. The van der Waals surface area contributed by atoms with Crippen LogP contribution >= 0.6 is 0 Å². The summed E-state index contributed by atoms with van der Waals surface area (Å²) in [4.78, 5) is 46.4. The van der Waals surface area contributed by atoms with Crippen LogP contribution in [0.4, 0.5) is 11.5 Å². The fourth-order valence-electron chi connectivity index (χ4n) is 7.93. The van der Waals surface area contributed by atoms with E-state index in [1.54, 1.807) is 30.1 Å². The Hall–Kier alpha value is -5.30. The van der Waals surface area contributed by atoms with E-state index in [0.29, 0.717) is 47.6 Å². The van der Waals surface area contributed by atoms with Gasteiger partial charge in [0.15, 0.2) is 11.5 Å². The van der Waals surface area contributed by atoms with E-state index in [4.69, 9.17) is 9.84 Å². The van der Waals surface area contributed by atoms with Crippen LogP contribution in [-0.4, -0.2) is 86.8 Å². The molecule has 3 amide bonds. The number of nitrogens with one attached hydrogen (secondary N) is 2. The molecule has 3 aliphatic rings. The first-order valence-corrected chi connectivity index (χ1v) is 18.0. The predicted octanol–water partition coefficient (Wildman–Crippen LogP) is 4.80. The number of hydrogen-bond acceptors (Lipinski definition) is 9. The molecule has 3 fully saturated rings. The highest BCUT2D eigenvalue weighted by atomic mass is 16.5. The topological polar surface area (TPSA) is 139 Å². The SMILES string of the molecule is COc1cc2nn(C3CCC(CCN4CCN(c5ccc(C6CCC(=O)NC6=O)cc5)CC4)CC3)cc2cc1C(=O)Nc1cnc2cccnn12. The molecule has 5 aromatic rings. The van der Waals surface area contributed by atoms with Crippen LogP contribution in [0.2, 0.25) is 0 Å². The third-order valence-electron chi connectivity index (χ3n) is 10.9. The summed E-state index contributed by atoms with van der Waals surface area (Å²) in [6.07, 6.45) is 12.0. The first-order valence-electron chi connectivity index (χ1n) is 18.0. The van der Waals surface area contributed by atoms with Gasteiger partial charge in [0, 0.05) is 62.1 Å². The lowest BCUT2D eigenvalue weighted by atomic mass is 9.84. The van der Waals surface area contributed by atoms with Gasteiger partial charge in [0.25, 0.3) is 5.91 Å². The zero-order valence-corrected chi connectivity index (χ0v) is 28.8. The lowest BCUT2D eigenvalue weighted by molar-refractivity contribution is -0.134. The number of methoxy groups -OCH3 is 1. The van der Waals surface area contributed by atoms with E-state index in [0.717, 1.165) is 62.0 Å². The molecule has 0 spiro atoms. The summed E-state index contributed by atoms with van der Waals surface area (Å²) in [6.45, 7) is 5.19. The molecule has 51 heavy (non-hydrogen) atoms. The van der Waals surface area contributed by atoms with Crippen LogP contribution in [0.15, 0.2) is 67.1 Å². The van der Waals surface area contributed by atoms with E-state index < -0.39 is 0 Å². The average Bonchev–Trinajstić information content (AvgIpc) is 3.78. The van der Waals surface area contributed by atoms with Gasteiger partial charge in [0.1, 0.15) is 5.75 Å².